The highest BCUT2D eigenvalue weighted by atomic mass is 35.5. The lowest BCUT2D eigenvalue weighted by molar-refractivity contribution is -0.605. The second-order valence-corrected chi connectivity index (χ2v) is 15.1. The lowest BCUT2D eigenvalue weighted by Gasteiger charge is -2.43. The molecule has 3 fully saturated rings. The van der Waals surface area contributed by atoms with Crippen molar-refractivity contribution in [1.29, 1.82) is 0 Å². The van der Waals surface area contributed by atoms with Crippen molar-refractivity contribution in [3.05, 3.63) is 158 Å². The van der Waals surface area contributed by atoms with E-state index in [4.69, 9.17) is 56.8 Å². The van der Waals surface area contributed by atoms with Crippen LogP contribution in [0.1, 0.15) is 63.2 Å². The van der Waals surface area contributed by atoms with E-state index < -0.39 is 24.2 Å². The fraction of sp³-hybridized carbons (Fsp3) is 0.289. The minimum absolute atomic E-state index is 0.0785. The summed E-state index contributed by atoms with van der Waals surface area (Å²) >= 11 is 12.9. The molecule has 0 unspecified atom stereocenters. The Kier molecular flexibility index (Phi) is 15.1. The summed E-state index contributed by atoms with van der Waals surface area (Å²) in [5.41, 5.74) is 3.80. The molecular weight excluding hydrogens is 813 g/mol. The number of hydrogen-bond donors (Lipinski definition) is 2. The first-order valence-electron chi connectivity index (χ1n) is 19.2. The van der Waals surface area contributed by atoms with Crippen LogP contribution < -0.4 is 24.3 Å². The summed E-state index contributed by atoms with van der Waals surface area (Å²) in [6, 6.07) is 29.0. The van der Waals surface area contributed by atoms with Gasteiger partial charge in [-0.3, -0.25) is 9.69 Å². The molecule has 4 heterocycles. The number of aromatic nitrogens is 1. The molecule has 0 saturated carbocycles. The maximum absolute atomic E-state index is 13.8. The van der Waals surface area contributed by atoms with Crippen molar-refractivity contribution >= 4 is 41.7 Å². The molecule has 3 aliphatic heterocycles. The molecule has 3 saturated heterocycles. The summed E-state index contributed by atoms with van der Waals surface area (Å²) in [5.74, 6) is 1.33. The summed E-state index contributed by atoms with van der Waals surface area (Å²) in [6.07, 6.45) is 3.14. The van der Waals surface area contributed by atoms with Crippen LogP contribution in [0.5, 0.6) is 17.2 Å². The number of piperidine rings is 3. The number of nitrogens with zero attached hydrogens (tertiary/aromatic N) is 2. The summed E-state index contributed by atoms with van der Waals surface area (Å²) in [5, 5.41) is 22.2. The number of hydrogen-bond acceptors (Lipinski definition) is 10. The Morgan fingerprint density at radius 1 is 0.883 bits per heavy atom. The number of halogens is 2. The third kappa shape index (κ3) is 11.2. The van der Waals surface area contributed by atoms with Crippen LogP contribution in [-0.2, 0) is 27.3 Å². The number of nitrogens with one attached hydrogen (secondary N) is 1. The number of esters is 1. The van der Waals surface area contributed by atoms with E-state index in [2.05, 4.69) is 10.2 Å². The maximum atomic E-state index is 13.8. The van der Waals surface area contributed by atoms with Gasteiger partial charge in [-0.2, -0.15) is 4.73 Å². The number of carbonyl (C=O) groups is 3. The topological polar surface area (TPSA) is 160 Å². The van der Waals surface area contributed by atoms with Gasteiger partial charge in [0.2, 0.25) is 0 Å². The largest absolute Gasteiger partial charge is 0.619 e. The van der Waals surface area contributed by atoms with Gasteiger partial charge in [0.1, 0.15) is 34.6 Å². The molecule has 15 heteroatoms. The van der Waals surface area contributed by atoms with Crippen LogP contribution in [0.15, 0.2) is 109 Å². The fourth-order valence-electron chi connectivity index (χ4n) is 7.47. The van der Waals surface area contributed by atoms with Crippen molar-refractivity contribution in [1.82, 2.24) is 10.2 Å². The average Bonchev–Trinajstić information content (AvgIpc) is 3.26. The predicted molar refractivity (Wildman–Crippen MR) is 224 cm³/mol. The molecule has 1 aromatic heterocycles. The molecule has 13 nitrogen and oxygen atoms in total. The molecule has 3 atom stereocenters. The molecule has 60 heavy (non-hydrogen) atoms. The van der Waals surface area contributed by atoms with Gasteiger partial charge in [-0.05, 0) is 90.5 Å². The molecule has 4 aromatic carbocycles. The van der Waals surface area contributed by atoms with Gasteiger partial charge < -0.3 is 39.3 Å². The van der Waals surface area contributed by atoms with Gasteiger partial charge in [-0.15, -0.1) is 0 Å². The Bertz CT molecular complexity index is 2230. The number of fused-ring (bicyclic) bond motifs is 3. The third-order valence-corrected chi connectivity index (χ3v) is 11.1. The molecule has 2 N–H and O–H groups in total. The molecule has 0 radical (unpaired) electrons. The second-order valence-electron chi connectivity index (χ2n) is 14.2. The first-order valence-corrected chi connectivity index (χ1v) is 20.0. The van der Waals surface area contributed by atoms with E-state index in [1.54, 1.807) is 36.4 Å². The molecular formula is C45H45Cl2N3O10. The molecule has 2 bridgehead atoms. The zero-order valence-electron chi connectivity index (χ0n) is 33.0. The Morgan fingerprint density at radius 3 is 2.23 bits per heavy atom. The zero-order chi connectivity index (χ0) is 42.6. The van der Waals surface area contributed by atoms with E-state index in [0.29, 0.717) is 44.6 Å². The molecule has 0 aliphatic carbocycles. The van der Waals surface area contributed by atoms with Crippen molar-refractivity contribution in [2.75, 3.05) is 33.9 Å². The zero-order valence-corrected chi connectivity index (χ0v) is 34.5. The minimum atomic E-state index is -0.864. The van der Waals surface area contributed by atoms with Crippen LogP contribution in [-0.4, -0.2) is 68.5 Å². The van der Waals surface area contributed by atoms with Gasteiger partial charge in [0.15, 0.2) is 23.9 Å². The highest BCUT2D eigenvalue weighted by molar-refractivity contribution is 6.35. The number of amides is 1. The van der Waals surface area contributed by atoms with Crippen LogP contribution >= 0.6 is 23.2 Å². The number of ether oxygens (including phenoxy) is 5. The van der Waals surface area contributed by atoms with Crippen molar-refractivity contribution in [3.63, 3.8) is 0 Å². The highest BCUT2D eigenvalue weighted by Crippen LogP contribution is 2.36. The van der Waals surface area contributed by atoms with E-state index in [9.17, 15) is 14.8 Å². The minimum Gasteiger partial charge on any atom is -0.619 e. The number of benzene rings is 4. The van der Waals surface area contributed by atoms with Crippen LogP contribution in [0.4, 0.5) is 4.79 Å². The Balaban J connectivity index is 0.00000195. The summed E-state index contributed by atoms with van der Waals surface area (Å²) in [4.78, 5) is 37.8. The lowest BCUT2D eigenvalue weighted by Crippen LogP contribution is -2.52. The quantitative estimate of drug-likeness (QED) is 0.0483. The van der Waals surface area contributed by atoms with E-state index in [1.165, 1.54) is 26.6 Å². The van der Waals surface area contributed by atoms with Crippen molar-refractivity contribution in [2.45, 2.75) is 44.1 Å². The van der Waals surface area contributed by atoms with Gasteiger partial charge in [-0.1, -0.05) is 83.9 Å². The molecule has 1 amide bonds. The molecule has 8 rings (SSSR count). The molecule has 314 valence electrons. The molecule has 0 spiro atoms. The third-order valence-electron chi connectivity index (χ3n) is 10.5. The van der Waals surface area contributed by atoms with Crippen molar-refractivity contribution < 1.29 is 47.9 Å². The highest BCUT2D eigenvalue weighted by Gasteiger charge is 2.37. The van der Waals surface area contributed by atoms with E-state index in [0.717, 1.165) is 49.2 Å². The van der Waals surface area contributed by atoms with Gasteiger partial charge in [-0.25, -0.2) is 9.59 Å². The number of alkyl carbamates (subject to hydrolysis) is 1. The number of pyridine rings is 1. The van der Waals surface area contributed by atoms with Gasteiger partial charge in [0, 0.05) is 18.5 Å². The average molecular weight is 859 g/mol. The standard InChI is InChI=1S/C44H43Cl2N3O8.CH2O2/c1-53-38-15-14-31(22-40(38)54-2)39(23-35-36(45)24-49(52)25-37(35)46)56-43(50)33-12-6-8-28(20-33)27-55-34-13-7-11-32(21-34)42(30-9-4-3-5-10-30)47-44(51)57-41-26-48-18-16-29(41)17-19-48;2-1-3/h3-15,20-22,24-25,29,39,41-42H,16-19,23,26-27H2,1-2H3,(H,47,51);1H,(H,2,3)/t39-,41-,42-;/m0./s1. The van der Waals surface area contributed by atoms with Gasteiger partial charge >= 0.3 is 12.1 Å². The van der Waals surface area contributed by atoms with Crippen LogP contribution in [0.3, 0.4) is 0 Å². The summed E-state index contributed by atoms with van der Waals surface area (Å²) < 4.78 is 29.8. The maximum Gasteiger partial charge on any atom is 0.408 e. The van der Waals surface area contributed by atoms with E-state index in [1.807, 2.05) is 60.7 Å². The second kappa shape index (κ2) is 20.8. The number of carboxylic acid groups (broad SMARTS) is 1. The van der Waals surface area contributed by atoms with Crippen molar-refractivity contribution in [3.8, 4) is 17.2 Å². The Hall–Kier alpha value is -6.02. The lowest BCUT2D eigenvalue weighted by atomic mass is 9.86. The molecule has 3 aliphatic rings. The van der Waals surface area contributed by atoms with Gasteiger partial charge in [0.05, 0.1) is 25.8 Å². The SMILES string of the molecule is COc1ccc([C@H](Cc2c(Cl)c[n+]([O-])cc2Cl)OC(=O)c2cccc(COc3cccc([C@@H](NC(=O)O[C@H]4CN5CCC4CC5)c4ccccc4)c3)c2)cc1OC.O=CO. The fourth-order valence-corrected chi connectivity index (χ4v) is 8.06. The van der Waals surface area contributed by atoms with E-state index in [-0.39, 0.29) is 35.6 Å². The van der Waals surface area contributed by atoms with Gasteiger partial charge in [0.25, 0.3) is 6.47 Å². The van der Waals surface area contributed by atoms with E-state index >= 15 is 0 Å². The van der Waals surface area contributed by atoms with Crippen LogP contribution in [0.25, 0.3) is 0 Å². The Morgan fingerprint density at radius 2 is 1.57 bits per heavy atom. The van der Waals surface area contributed by atoms with Crippen molar-refractivity contribution in [2.24, 2.45) is 5.92 Å². The number of carbonyl (C=O) groups excluding carboxylic acids is 2. The normalized spacial score (nSPS) is 17.5. The monoisotopic (exact) mass is 857 g/mol. The molecule has 5 aromatic rings. The smallest absolute Gasteiger partial charge is 0.408 e. The summed E-state index contributed by atoms with van der Waals surface area (Å²) in [6.45, 7) is 2.80. The number of methoxy groups -OCH3 is 2. The predicted octanol–water partition coefficient (Wildman–Crippen LogP) is 7.97. The van der Waals surface area contributed by atoms with Crippen LogP contribution in [0, 0.1) is 11.1 Å². The Labute approximate surface area is 357 Å². The first-order chi connectivity index (χ1) is 29.1. The number of rotatable bonds is 14. The summed E-state index contributed by atoms with van der Waals surface area (Å²) in [7, 11) is 3.04. The van der Waals surface area contributed by atoms with Crippen LogP contribution in [0.2, 0.25) is 10.0 Å². The first kappa shape index (κ1) is 43.6.